The molecule has 0 heterocycles. The summed E-state index contributed by atoms with van der Waals surface area (Å²) in [5, 5.41) is 5.96. The second kappa shape index (κ2) is 18.8. The van der Waals surface area contributed by atoms with E-state index in [0.717, 1.165) is 58.4 Å². The van der Waals surface area contributed by atoms with Crippen LogP contribution in [-0.2, 0) is 20.8 Å². The summed E-state index contributed by atoms with van der Waals surface area (Å²) < 4.78 is 0. The third kappa shape index (κ3) is 8.00. The van der Waals surface area contributed by atoms with Gasteiger partial charge in [0.2, 0.25) is 0 Å². The van der Waals surface area contributed by atoms with Crippen LogP contribution in [0, 0.1) is 50.4 Å². The minimum atomic E-state index is -1.62. The summed E-state index contributed by atoms with van der Waals surface area (Å²) in [6, 6.07) is 33.0. The Morgan fingerprint density at radius 3 is 1.35 bits per heavy atom. The zero-order valence-corrected chi connectivity index (χ0v) is 38.1. The fourth-order valence-electron chi connectivity index (χ4n) is 13.7. The van der Waals surface area contributed by atoms with Gasteiger partial charge in [-0.15, -0.1) is 0 Å². The molecule has 280 valence electrons. The number of hydrogen-bond donors (Lipinski definition) is 0. The average molecular weight is 833 g/mol. The Morgan fingerprint density at radius 1 is 0.558 bits per heavy atom. The Labute approximate surface area is 338 Å². The predicted octanol–water partition coefficient (Wildman–Crippen LogP) is 16.1. The summed E-state index contributed by atoms with van der Waals surface area (Å²) in [5.74, 6) is 7.08. The molecule has 4 aromatic rings. The summed E-state index contributed by atoms with van der Waals surface area (Å²) in [6.07, 6.45) is 17.4. The van der Waals surface area contributed by atoms with Crippen molar-refractivity contribution in [1.82, 2.24) is 0 Å². The van der Waals surface area contributed by atoms with Gasteiger partial charge in [-0.1, -0.05) is 163 Å². The van der Waals surface area contributed by atoms with Gasteiger partial charge < -0.3 is 14.9 Å². The van der Waals surface area contributed by atoms with Gasteiger partial charge in [0.25, 0.3) is 0 Å². The molecule has 10 unspecified atom stereocenters. The van der Waals surface area contributed by atoms with Crippen LogP contribution in [0.4, 0.5) is 0 Å². The van der Waals surface area contributed by atoms with E-state index in [9.17, 15) is 0 Å². The van der Waals surface area contributed by atoms with Crippen molar-refractivity contribution in [2.24, 2.45) is 35.5 Å². The minimum absolute atomic E-state index is 0. The standard InChI is InChI=1S/C46H60Si.2CH3.2ClH.Zr/c1-5-15-33-29-43-39(37-23-11-19-31-17-7-9-21-35(31)37)25-13-27-41(43)45(33)47(3,4)46-34(16-6-2)30-44-40(26-14-28-42(44)46)38-24-12-20-32-18-8-10-22-36(32)38;;;;;/h7-12,17-24,33-34,39-46H,5-6,13-16,25-30H2,1-4H3;2*1H3;2*1H;/q;2*-1;;;+4/p-2. The molecular weight excluding hydrogens is 767 g/mol. The van der Waals surface area contributed by atoms with Gasteiger partial charge in [-0.2, -0.15) is 0 Å². The van der Waals surface area contributed by atoms with Crippen molar-refractivity contribution in [3.8, 4) is 0 Å². The van der Waals surface area contributed by atoms with Crippen LogP contribution in [0.25, 0.3) is 21.5 Å². The van der Waals surface area contributed by atoms with E-state index in [0.29, 0.717) is 0 Å². The molecule has 0 aromatic heterocycles. The average Bonchev–Trinajstić information content (AvgIpc) is 3.71. The predicted molar refractivity (Wildman–Crippen MR) is 231 cm³/mol. The van der Waals surface area contributed by atoms with Crippen LogP contribution in [0.15, 0.2) is 84.9 Å². The van der Waals surface area contributed by atoms with E-state index in [1.165, 1.54) is 98.6 Å². The van der Waals surface area contributed by atoms with Crippen molar-refractivity contribution >= 4 is 46.6 Å². The Bertz CT molecular complexity index is 1590. The second-order valence-electron chi connectivity index (χ2n) is 17.4. The number of fused-ring (bicyclic) bond motifs is 4. The van der Waals surface area contributed by atoms with E-state index < -0.39 is 28.9 Å². The van der Waals surface area contributed by atoms with E-state index in [1.54, 1.807) is 11.1 Å². The molecule has 4 aliphatic carbocycles. The fourth-order valence-corrected chi connectivity index (χ4v) is 20.2. The van der Waals surface area contributed by atoms with Gasteiger partial charge in [-0.25, -0.2) is 0 Å². The van der Waals surface area contributed by atoms with Crippen molar-refractivity contribution in [3.05, 3.63) is 111 Å². The molecule has 0 nitrogen and oxygen atoms in total. The van der Waals surface area contributed by atoms with Crippen LogP contribution in [0.2, 0.25) is 24.2 Å². The molecule has 0 spiro atoms. The summed E-state index contributed by atoms with van der Waals surface area (Å²) in [6.45, 7) is 10.9. The summed E-state index contributed by atoms with van der Waals surface area (Å²) >= 11 is -0.826. The third-order valence-corrected chi connectivity index (χ3v) is 20.0. The summed E-state index contributed by atoms with van der Waals surface area (Å²) in [5.41, 5.74) is 5.38. The van der Waals surface area contributed by atoms with Gasteiger partial charge >= 0.3 is 37.9 Å². The molecule has 0 N–H and O–H groups in total. The number of hydrogen-bond acceptors (Lipinski definition) is 0. The first-order valence-electron chi connectivity index (χ1n) is 20.3. The molecule has 0 amide bonds. The van der Waals surface area contributed by atoms with E-state index in [2.05, 4.69) is 112 Å². The molecule has 0 aliphatic heterocycles. The molecular formula is C48H66Cl2SiZr. The Kier molecular flexibility index (Phi) is 15.3. The quantitative estimate of drug-likeness (QED) is 0.123. The third-order valence-electron chi connectivity index (χ3n) is 14.8. The van der Waals surface area contributed by atoms with Crippen LogP contribution in [0.5, 0.6) is 0 Å². The van der Waals surface area contributed by atoms with Gasteiger partial charge in [-0.3, -0.25) is 0 Å². The molecule has 4 aliphatic rings. The van der Waals surface area contributed by atoms with E-state index in [-0.39, 0.29) is 14.9 Å². The Balaban J connectivity index is 0.00000101. The van der Waals surface area contributed by atoms with E-state index in [1.807, 2.05) is 0 Å². The fraction of sp³-hybridized carbons (Fsp3) is 0.542. The topological polar surface area (TPSA) is 0 Å². The first-order chi connectivity index (χ1) is 24.4. The number of rotatable bonds is 8. The van der Waals surface area contributed by atoms with Crippen molar-refractivity contribution < 1.29 is 20.8 Å². The number of benzene rings is 4. The van der Waals surface area contributed by atoms with Crippen molar-refractivity contribution in [3.63, 3.8) is 0 Å². The molecule has 4 heteroatoms. The zero-order chi connectivity index (χ0) is 34.8. The second-order valence-corrected chi connectivity index (χ2v) is 26.1. The van der Waals surface area contributed by atoms with Crippen LogP contribution >= 0.6 is 17.0 Å². The SMILES string of the molecule is CCCC1CC2C(c3cccc4ccccc34)CCCC2C1[Si](C)(C)C1C(CCC)CC2C(c3cccc4ccccc34)CCCC21.[CH3-].[CH3-].[Cl][Zr+2][Cl]. The van der Waals surface area contributed by atoms with Crippen molar-refractivity contribution in [1.29, 1.82) is 0 Å². The van der Waals surface area contributed by atoms with Gasteiger partial charge in [-0.05, 0) is 117 Å². The van der Waals surface area contributed by atoms with Gasteiger partial charge in [0.15, 0.2) is 0 Å². The molecule has 4 fully saturated rings. The molecule has 0 bridgehead atoms. The van der Waals surface area contributed by atoms with Crippen LogP contribution in [0.3, 0.4) is 0 Å². The molecule has 4 saturated carbocycles. The zero-order valence-electron chi connectivity index (χ0n) is 33.1. The normalized spacial score (nSPS) is 31.0. The monoisotopic (exact) mass is 830 g/mol. The molecule has 0 saturated heterocycles. The van der Waals surface area contributed by atoms with E-state index in [4.69, 9.17) is 17.0 Å². The molecule has 10 atom stereocenters. The molecule has 8 rings (SSSR count). The van der Waals surface area contributed by atoms with Gasteiger partial charge in [0.05, 0.1) is 8.07 Å². The van der Waals surface area contributed by atoms with Gasteiger partial charge in [0.1, 0.15) is 0 Å². The maximum absolute atomic E-state index is 4.93. The van der Waals surface area contributed by atoms with Gasteiger partial charge in [0, 0.05) is 0 Å². The van der Waals surface area contributed by atoms with Crippen molar-refractivity contribution in [2.45, 2.75) is 127 Å². The summed E-state index contributed by atoms with van der Waals surface area (Å²) in [4.78, 5) is 0. The molecule has 4 aromatic carbocycles. The maximum atomic E-state index is 4.93. The molecule has 52 heavy (non-hydrogen) atoms. The Morgan fingerprint density at radius 2 is 0.942 bits per heavy atom. The van der Waals surface area contributed by atoms with Crippen LogP contribution < -0.4 is 0 Å². The first kappa shape index (κ1) is 42.2. The first-order valence-corrected chi connectivity index (χ1v) is 29.8. The van der Waals surface area contributed by atoms with Crippen molar-refractivity contribution in [2.75, 3.05) is 0 Å². The van der Waals surface area contributed by atoms with Crippen LogP contribution in [-0.4, -0.2) is 8.07 Å². The van der Waals surface area contributed by atoms with E-state index >= 15 is 0 Å². The summed E-state index contributed by atoms with van der Waals surface area (Å²) in [7, 11) is 8.25. The number of halogens is 2. The van der Waals surface area contributed by atoms with Crippen LogP contribution in [0.1, 0.15) is 114 Å². The Hall–Kier alpha value is -0.920. The molecule has 0 radical (unpaired) electrons.